The Kier molecular flexibility index (Phi) is 7.56. The number of benzene rings is 1. The van der Waals surface area contributed by atoms with Gasteiger partial charge in [0.25, 0.3) is 0 Å². The molecule has 0 spiro atoms. The molecule has 0 radical (unpaired) electrons. The standard InChI is InChI=1S/C23H39N4O3S.ClH/c1-20(2)12-16(13-21(3,4)26(20)28)25-14-19(31(24)30)15-9-10-17-18(11-15)23(7,8)27(29)22(17,5)6;/h9-11,16,19,24-25,28-29H,12-14H2,1-8H3;1H/q-1;. The van der Waals surface area contributed by atoms with E-state index in [0.29, 0.717) is 6.54 Å². The van der Waals surface area contributed by atoms with Gasteiger partial charge in [-0.1, -0.05) is 23.8 Å². The first-order chi connectivity index (χ1) is 14.0. The third-order valence-electron chi connectivity index (χ3n) is 7.28. The molecule has 0 aromatic heterocycles. The molecule has 2 aliphatic heterocycles. The third-order valence-corrected chi connectivity index (χ3v) is 8.24. The van der Waals surface area contributed by atoms with E-state index in [9.17, 15) is 14.6 Å². The molecule has 9 heteroatoms. The molecule has 1 aromatic carbocycles. The highest BCUT2D eigenvalue weighted by molar-refractivity contribution is 7.73. The summed E-state index contributed by atoms with van der Waals surface area (Å²) in [5, 5.41) is 27.2. The van der Waals surface area contributed by atoms with E-state index >= 15 is 0 Å². The van der Waals surface area contributed by atoms with Gasteiger partial charge in [-0.25, -0.2) is 0 Å². The van der Waals surface area contributed by atoms with Crippen molar-refractivity contribution in [3.63, 3.8) is 0 Å². The second kappa shape index (κ2) is 8.80. The van der Waals surface area contributed by atoms with Crippen LogP contribution in [0.4, 0.5) is 0 Å². The van der Waals surface area contributed by atoms with E-state index in [1.54, 1.807) is 0 Å². The van der Waals surface area contributed by atoms with Crippen LogP contribution in [0.15, 0.2) is 18.2 Å². The van der Waals surface area contributed by atoms with Gasteiger partial charge in [-0.05, 0) is 91.2 Å². The molecule has 1 unspecified atom stereocenters. The minimum atomic E-state index is -1.80. The number of hydrogen-bond acceptors (Lipinski definition) is 8. The lowest BCUT2D eigenvalue weighted by Gasteiger charge is -2.51. The largest absolute Gasteiger partial charge is 0.444 e. The Morgan fingerprint density at radius 1 is 1.00 bits per heavy atom. The number of halogens is 1. The van der Waals surface area contributed by atoms with Gasteiger partial charge in [-0.2, -0.15) is 20.7 Å². The lowest BCUT2D eigenvalue weighted by Crippen LogP contribution is -2.62. The number of nitrogens with one attached hydrogen (secondary N) is 2. The Hall–Kier alpha value is -0.740. The second-order valence-corrected chi connectivity index (χ2v) is 12.6. The monoisotopic (exact) mass is 487 g/mol. The zero-order valence-corrected chi connectivity index (χ0v) is 22.2. The maximum absolute atomic E-state index is 12.4. The van der Waals surface area contributed by atoms with Gasteiger partial charge in [-0.15, -0.1) is 12.4 Å². The van der Waals surface area contributed by atoms with E-state index in [4.69, 9.17) is 4.78 Å². The fourth-order valence-corrected chi connectivity index (χ4v) is 6.38. The van der Waals surface area contributed by atoms with E-state index in [1.165, 1.54) is 10.1 Å². The van der Waals surface area contributed by atoms with E-state index < -0.39 is 26.9 Å². The molecule has 1 saturated heterocycles. The van der Waals surface area contributed by atoms with Crippen molar-refractivity contribution in [3.8, 4) is 0 Å². The van der Waals surface area contributed by atoms with Crippen molar-refractivity contribution in [2.75, 3.05) is 6.54 Å². The van der Waals surface area contributed by atoms with E-state index in [2.05, 4.69) is 5.32 Å². The molecule has 0 bridgehead atoms. The van der Waals surface area contributed by atoms with Crippen LogP contribution in [0, 0.1) is 4.78 Å². The zero-order chi connectivity index (χ0) is 23.6. The molecular weight excluding hydrogens is 448 g/mol. The maximum atomic E-state index is 12.4. The van der Waals surface area contributed by atoms with E-state index in [1.807, 2.05) is 73.6 Å². The molecule has 2 aliphatic rings. The minimum Gasteiger partial charge on any atom is -0.444 e. The Labute approximate surface area is 200 Å². The predicted molar refractivity (Wildman–Crippen MR) is 130 cm³/mol. The number of hydroxylamine groups is 4. The molecule has 1 fully saturated rings. The molecule has 32 heavy (non-hydrogen) atoms. The lowest BCUT2D eigenvalue weighted by atomic mass is 9.79. The summed E-state index contributed by atoms with van der Waals surface area (Å²) in [5.41, 5.74) is 1.07. The van der Waals surface area contributed by atoms with Crippen molar-refractivity contribution in [1.29, 1.82) is 4.78 Å². The average Bonchev–Trinajstić information content (AvgIpc) is 2.77. The first kappa shape index (κ1) is 27.5. The average molecular weight is 488 g/mol. The quantitative estimate of drug-likeness (QED) is 0.433. The smallest absolute Gasteiger partial charge is 0.0665 e. The number of rotatable bonds is 5. The summed E-state index contributed by atoms with van der Waals surface area (Å²) in [6.07, 6.45) is 1.52. The topological polar surface area (TPSA) is 99.9 Å². The Morgan fingerprint density at radius 2 is 1.50 bits per heavy atom. The molecule has 1 aromatic rings. The molecule has 2 heterocycles. The minimum absolute atomic E-state index is 0. The van der Waals surface area contributed by atoms with Crippen LogP contribution in [-0.2, 0) is 25.9 Å². The molecular formula is C23H40ClN4O3S-. The second-order valence-electron chi connectivity index (χ2n) is 11.5. The highest BCUT2D eigenvalue weighted by Gasteiger charge is 2.49. The van der Waals surface area contributed by atoms with Gasteiger partial charge in [0.1, 0.15) is 0 Å². The summed E-state index contributed by atoms with van der Waals surface area (Å²) in [6, 6.07) is 6.10. The molecule has 1 atom stereocenters. The first-order valence-corrected chi connectivity index (χ1v) is 12.2. The SMILES string of the molecule is CC1(C)CC(NCC(c2ccc3c(c2)C(C)(C)N(O)C3(C)C)[S-](=N)=O)CC(C)(C)N1O.Cl. The molecule has 4 N–H and O–H groups in total. The Morgan fingerprint density at radius 3 is 2.00 bits per heavy atom. The Balaban J connectivity index is 0.00000363. The van der Waals surface area contributed by atoms with Crippen LogP contribution in [0.25, 0.3) is 0 Å². The van der Waals surface area contributed by atoms with E-state index in [0.717, 1.165) is 29.5 Å². The number of hydrogen-bond donors (Lipinski definition) is 4. The normalized spacial score (nSPS) is 25.3. The van der Waals surface area contributed by atoms with Crippen molar-refractivity contribution < 1.29 is 14.6 Å². The lowest BCUT2D eigenvalue weighted by molar-refractivity contribution is -0.246. The summed E-state index contributed by atoms with van der Waals surface area (Å²) in [4.78, 5) is 0. The van der Waals surface area contributed by atoms with Gasteiger partial charge < -0.3 is 24.7 Å². The van der Waals surface area contributed by atoms with Crippen molar-refractivity contribution in [3.05, 3.63) is 34.9 Å². The molecule has 184 valence electrons. The number of fused-ring (bicyclic) bond motifs is 1. The molecule has 3 rings (SSSR count). The van der Waals surface area contributed by atoms with Crippen LogP contribution in [0.5, 0.6) is 0 Å². The maximum Gasteiger partial charge on any atom is 0.0665 e. The van der Waals surface area contributed by atoms with Gasteiger partial charge in [0.2, 0.25) is 0 Å². The summed E-state index contributed by atoms with van der Waals surface area (Å²) in [6.45, 7) is 16.4. The Bertz CT molecular complexity index is 904. The van der Waals surface area contributed by atoms with Crippen molar-refractivity contribution in [1.82, 2.24) is 15.4 Å². The van der Waals surface area contributed by atoms with Crippen molar-refractivity contribution in [2.45, 2.75) is 102 Å². The summed E-state index contributed by atoms with van der Waals surface area (Å²) >= 11 is 0. The zero-order valence-electron chi connectivity index (χ0n) is 20.5. The van der Waals surface area contributed by atoms with Gasteiger partial charge in [0, 0.05) is 17.1 Å². The fourth-order valence-electron chi connectivity index (χ4n) is 5.73. The fraction of sp³-hybridized carbons (Fsp3) is 0.739. The summed E-state index contributed by atoms with van der Waals surface area (Å²) < 4.78 is 20.4. The van der Waals surface area contributed by atoms with Gasteiger partial charge >= 0.3 is 0 Å². The van der Waals surface area contributed by atoms with Crippen LogP contribution in [0.2, 0.25) is 0 Å². The molecule has 7 nitrogen and oxygen atoms in total. The van der Waals surface area contributed by atoms with Crippen molar-refractivity contribution in [2.24, 2.45) is 0 Å². The van der Waals surface area contributed by atoms with Gasteiger partial charge in [0.05, 0.1) is 11.1 Å². The van der Waals surface area contributed by atoms with Crippen LogP contribution in [-0.4, -0.2) is 44.2 Å². The van der Waals surface area contributed by atoms with Crippen LogP contribution < -0.4 is 5.32 Å². The summed E-state index contributed by atoms with van der Waals surface area (Å²) in [5.74, 6) is 0. The van der Waals surface area contributed by atoms with Gasteiger partial charge in [0.15, 0.2) is 0 Å². The predicted octanol–water partition coefficient (Wildman–Crippen LogP) is 5.05. The van der Waals surface area contributed by atoms with Crippen LogP contribution >= 0.6 is 12.4 Å². The van der Waals surface area contributed by atoms with Gasteiger partial charge in [-0.3, -0.25) is 0 Å². The van der Waals surface area contributed by atoms with Crippen LogP contribution in [0.1, 0.15) is 90.2 Å². The highest BCUT2D eigenvalue weighted by atomic mass is 35.5. The molecule has 0 saturated carbocycles. The van der Waals surface area contributed by atoms with Crippen molar-refractivity contribution >= 4 is 23.0 Å². The molecule has 0 aliphatic carbocycles. The highest BCUT2D eigenvalue weighted by Crippen LogP contribution is 2.48. The molecule has 0 amide bonds. The van der Waals surface area contributed by atoms with E-state index in [-0.39, 0.29) is 29.5 Å². The third kappa shape index (κ3) is 4.60. The first-order valence-electron chi connectivity index (χ1n) is 11.0. The number of nitrogens with zero attached hydrogens (tertiary/aromatic N) is 2. The number of piperidine rings is 1. The van der Waals surface area contributed by atoms with Crippen LogP contribution in [0.3, 0.4) is 0 Å². The summed E-state index contributed by atoms with van der Waals surface area (Å²) in [7, 11) is -1.80.